The zero-order chi connectivity index (χ0) is 12.8. The number of hydrogen-bond acceptors (Lipinski definition) is 3. The van der Waals surface area contributed by atoms with Crippen molar-refractivity contribution in [3.63, 3.8) is 0 Å². The van der Waals surface area contributed by atoms with Crippen molar-refractivity contribution in [1.82, 2.24) is 0 Å². The molecule has 0 N–H and O–H groups in total. The van der Waals surface area contributed by atoms with Crippen molar-refractivity contribution in [1.29, 1.82) is 0 Å². The maximum Gasteiger partial charge on any atom is 0.305 e. The van der Waals surface area contributed by atoms with E-state index in [9.17, 15) is 9.59 Å². The van der Waals surface area contributed by atoms with Crippen molar-refractivity contribution in [2.75, 3.05) is 7.11 Å². The first-order chi connectivity index (χ1) is 8.02. The summed E-state index contributed by atoms with van der Waals surface area (Å²) in [6.45, 7) is 0. The number of ether oxygens (including phenoxy) is 1. The van der Waals surface area contributed by atoms with Crippen LogP contribution in [0.5, 0.6) is 0 Å². The highest BCUT2D eigenvalue weighted by molar-refractivity contribution is 6.35. The Balaban J connectivity index is 2.55. The number of methoxy groups -OCH3 is 1. The molecule has 92 valence electrons. The van der Waals surface area contributed by atoms with Crippen LogP contribution in [0.1, 0.15) is 29.6 Å². The molecule has 1 aromatic carbocycles. The first kappa shape index (κ1) is 14.0. The standard InChI is InChI=1S/C12H12Cl2O3/c1-17-12(16)4-2-3-11(15)8-5-9(13)7-10(14)6-8/h5-7H,2-4H2,1H3. The molecule has 3 nitrogen and oxygen atoms in total. The lowest BCUT2D eigenvalue weighted by atomic mass is 10.1. The van der Waals surface area contributed by atoms with Crippen molar-refractivity contribution in [3.05, 3.63) is 33.8 Å². The van der Waals surface area contributed by atoms with E-state index in [4.69, 9.17) is 23.2 Å². The van der Waals surface area contributed by atoms with E-state index in [1.807, 2.05) is 0 Å². The third-order valence-corrected chi connectivity index (χ3v) is 2.63. The summed E-state index contributed by atoms with van der Waals surface area (Å²) >= 11 is 11.6. The number of rotatable bonds is 5. The van der Waals surface area contributed by atoms with Crippen LogP contribution in [0.3, 0.4) is 0 Å². The van der Waals surface area contributed by atoms with Crippen LogP contribution in [-0.4, -0.2) is 18.9 Å². The number of ketones is 1. The van der Waals surface area contributed by atoms with Gasteiger partial charge in [-0.1, -0.05) is 23.2 Å². The maximum absolute atomic E-state index is 11.7. The SMILES string of the molecule is COC(=O)CCCC(=O)c1cc(Cl)cc(Cl)c1. The molecule has 0 aromatic heterocycles. The summed E-state index contributed by atoms with van der Waals surface area (Å²) in [5, 5.41) is 0.850. The van der Waals surface area contributed by atoms with Crippen LogP contribution in [0, 0.1) is 0 Å². The largest absolute Gasteiger partial charge is 0.469 e. The van der Waals surface area contributed by atoms with E-state index in [-0.39, 0.29) is 24.6 Å². The molecule has 0 aliphatic heterocycles. The third kappa shape index (κ3) is 4.75. The van der Waals surface area contributed by atoms with Crippen molar-refractivity contribution >= 4 is 35.0 Å². The lowest BCUT2D eigenvalue weighted by Crippen LogP contribution is -2.03. The van der Waals surface area contributed by atoms with Crippen molar-refractivity contribution in [2.45, 2.75) is 19.3 Å². The van der Waals surface area contributed by atoms with Gasteiger partial charge in [0.05, 0.1) is 7.11 Å². The van der Waals surface area contributed by atoms with Crippen molar-refractivity contribution in [3.8, 4) is 0 Å². The number of hydrogen-bond donors (Lipinski definition) is 0. The fraction of sp³-hybridized carbons (Fsp3) is 0.333. The average molecular weight is 275 g/mol. The summed E-state index contributed by atoms with van der Waals surface area (Å²) < 4.78 is 4.48. The Morgan fingerprint density at radius 1 is 1.12 bits per heavy atom. The van der Waals surface area contributed by atoms with Gasteiger partial charge in [-0.05, 0) is 24.6 Å². The lowest BCUT2D eigenvalue weighted by molar-refractivity contribution is -0.140. The molecule has 0 fully saturated rings. The van der Waals surface area contributed by atoms with Crippen LogP contribution in [0.4, 0.5) is 0 Å². The number of carbonyl (C=O) groups is 2. The van der Waals surface area contributed by atoms with E-state index < -0.39 is 0 Å². The van der Waals surface area contributed by atoms with Crippen LogP contribution >= 0.6 is 23.2 Å². The normalized spacial score (nSPS) is 10.1. The molecule has 0 unspecified atom stereocenters. The van der Waals surface area contributed by atoms with E-state index >= 15 is 0 Å². The van der Waals surface area contributed by atoms with Crippen molar-refractivity contribution in [2.24, 2.45) is 0 Å². The van der Waals surface area contributed by atoms with Gasteiger partial charge in [0.25, 0.3) is 0 Å². The molecule has 0 amide bonds. The topological polar surface area (TPSA) is 43.4 Å². The summed E-state index contributed by atoms with van der Waals surface area (Å²) in [6.07, 6.45) is 0.956. The number of Topliss-reactive ketones (excluding diaryl/α,β-unsaturated/α-hetero) is 1. The second-order valence-corrected chi connectivity index (χ2v) is 4.38. The molecular formula is C12H12Cl2O3. The molecule has 5 heteroatoms. The highest BCUT2D eigenvalue weighted by atomic mass is 35.5. The molecule has 1 aromatic rings. The Kier molecular flexibility index (Phi) is 5.45. The summed E-state index contributed by atoms with van der Waals surface area (Å²) in [7, 11) is 1.32. The molecule has 0 aliphatic rings. The molecule has 0 atom stereocenters. The van der Waals surface area contributed by atoms with Gasteiger partial charge < -0.3 is 4.74 Å². The molecule has 1 rings (SSSR count). The maximum atomic E-state index is 11.7. The van der Waals surface area contributed by atoms with Gasteiger partial charge >= 0.3 is 5.97 Å². The van der Waals surface area contributed by atoms with Gasteiger partial charge in [-0.2, -0.15) is 0 Å². The van der Waals surface area contributed by atoms with Crippen molar-refractivity contribution < 1.29 is 14.3 Å². The minimum Gasteiger partial charge on any atom is -0.469 e. The Morgan fingerprint density at radius 2 is 1.71 bits per heavy atom. The fourth-order valence-electron chi connectivity index (χ4n) is 1.35. The quantitative estimate of drug-likeness (QED) is 0.610. The van der Waals surface area contributed by atoms with Crippen LogP contribution in [0.2, 0.25) is 10.0 Å². The Labute approximate surface area is 110 Å². The van der Waals surface area contributed by atoms with E-state index in [0.717, 1.165) is 0 Å². The summed E-state index contributed by atoms with van der Waals surface area (Å²) in [6, 6.07) is 4.69. The summed E-state index contributed by atoms with van der Waals surface area (Å²) in [5.74, 6) is -0.403. The smallest absolute Gasteiger partial charge is 0.305 e. The van der Waals surface area contributed by atoms with Gasteiger partial charge in [-0.3, -0.25) is 9.59 Å². The van der Waals surface area contributed by atoms with E-state index in [1.165, 1.54) is 7.11 Å². The summed E-state index contributed by atoms with van der Waals surface area (Å²) in [5.41, 5.74) is 0.465. The van der Waals surface area contributed by atoms with Gasteiger partial charge in [0, 0.05) is 28.5 Å². The molecule has 0 saturated heterocycles. The second kappa shape index (κ2) is 6.62. The summed E-state index contributed by atoms with van der Waals surface area (Å²) in [4.78, 5) is 22.6. The monoisotopic (exact) mass is 274 g/mol. The first-order valence-corrected chi connectivity index (χ1v) is 5.84. The highest BCUT2D eigenvalue weighted by Crippen LogP contribution is 2.20. The fourth-order valence-corrected chi connectivity index (χ4v) is 1.88. The van der Waals surface area contributed by atoms with Crippen LogP contribution < -0.4 is 0 Å². The van der Waals surface area contributed by atoms with Gasteiger partial charge in [0.15, 0.2) is 5.78 Å². The average Bonchev–Trinajstić information content (AvgIpc) is 2.27. The van der Waals surface area contributed by atoms with Crippen LogP contribution in [0.25, 0.3) is 0 Å². The zero-order valence-corrected chi connectivity index (χ0v) is 10.8. The molecule has 0 spiro atoms. The van der Waals surface area contributed by atoms with Gasteiger partial charge in [0.2, 0.25) is 0 Å². The van der Waals surface area contributed by atoms with E-state index in [1.54, 1.807) is 18.2 Å². The lowest BCUT2D eigenvalue weighted by Gasteiger charge is -2.02. The molecule has 0 radical (unpaired) electrons. The number of halogens is 2. The Bertz CT molecular complexity index is 410. The van der Waals surface area contributed by atoms with Gasteiger partial charge in [-0.15, -0.1) is 0 Å². The molecule has 0 heterocycles. The molecule has 17 heavy (non-hydrogen) atoms. The molecule has 0 bridgehead atoms. The highest BCUT2D eigenvalue weighted by Gasteiger charge is 2.09. The van der Waals surface area contributed by atoms with E-state index in [2.05, 4.69) is 4.74 Å². The number of carbonyl (C=O) groups excluding carboxylic acids is 2. The van der Waals surface area contributed by atoms with Gasteiger partial charge in [0.1, 0.15) is 0 Å². The van der Waals surface area contributed by atoms with Crippen LogP contribution in [-0.2, 0) is 9.53 Å². The first-order valence-electron chi connectivity index (χ1n) is 5.09. The molecular weight excluding hydrogens is 263 g/mol. The van der Waals surface area contributed by atoms with E-state index in [0.29, 0.717) is 22.0 Å². The molecule has 0 aliphatic carbocycles. The van der Waals surface area contributed by atoms with Crippen LogP contribution in [0.15, 0.2) is 18.2 Å². The zero-order valence-electron chi connectivity index (χ0n) is 9.33. The molecule has 0 saturated carbocycles. The second-order valence-electron chi connectivity index (χ2n) is 3.51. The minimum atomic E-state index is -0.318. The predicted octanol–water partition coefficient (Wildman–Crippen LogP) is 3.52. The number of esters is 1. The Hall–Kier alpha value is -1.06. The minimum absolute atomic E-state index is 0.0849. The van der Waals surface area contributed by atoms with Gasteiger partial charge in [-0.25, -0.2) is 0 Å². The third-order valence-electron chi connectivity index (χ3n) is 2.20. The number of benzene rings is 1. The Morgan fingerprint density at radius 3 is 2.24 bits per heavy atom. The predicted molar refractivity (Wildman–Crippen MR) is 66.7 cm³/mol.